The Hall–Kier alpha value is -3.26. The van der Waals surface area contributed by atoms with Crippen LogP contribution in [0, 0.1) is 0 Å². The first-order valence-corrected chi connectivity index (χ1v) is 7.11. The summed E-state index contributed by atoms with van der Waals surface area (Å²) < 4.78 is 5.21. The molecule has 0 bridgehead atoms. The maximum atomic E-state index is 12.1. The van der Waals surface area contributed by atoms with Crippen LogP contribution in [-0.4, -0.2) is 38.9 Å². The van der Waals surface area contributed by atoms with Gasteiger partial charge in [0.2, 0.25) is 5.88 Å². The van der Waals surface area contributed by atoms with Gasteiger partial charge in [-0.15, -0.1) is 0 Å². The van der Waals surface area contributed by atoms with Crippen molar-refractivity contribution in [3.63, 3.8) is 0 Å². The minimum Gasteiger partial charge on any atom is -0.503 e. The van der Waals surface area contributed by atoms with Crippen molar-refractivity contribution in [1.29, 1.82) is 0 Å². The van der Waals surface area contributed by atoms with E-state index in [0.29, 0.717) is 5.56 Å². The molecule has 0 spiro atoms. The second-order valence-electron chi connectivity index (χ2n) is 4.78. The maximum absolute atomic E-state index is 12.1. The van der Waals surface area contributed by atoms with Gasteiger partial charge in [0, 0.05) is 12.1 Å². The Morgan fingerprint density at radius 1 is 1.24 bits per heavy atom. The zero-order valence-electron chi connectivity index (χ0n) is 12.8. The van der Waals surface area contributed by atoms with Gasteiger partial charge in [-0.25, -0.2) is 9.36 Å². The number of carbonyl (C=O) groups is 2. The lowest BCUT2D eigenvalue weighted by molar-refractivity contribution is 0.0693. The number of halogens is 1. The fourth-order valence-electron chi connectivity index (χ4n) is 2.01. The van der Waals surface area contributed by atoms with Crippen LogP contribution in [0.3, 0.4) is 0 Å². The molecule has 130 valence electrons. The van der Waals surface area contributed by atoms with Crippen molar-refractivity contribution in [2.24, 2.45) is 0 Å². The summed E-state index contributed by atoms with van der Waals surface area (Å²) in [6, 6.07) is 4.98. The number of benzene rings is 1. The molecule has 1 aromatic carbocycles. The summed E-state index contributed by atoms with van der Waals surface area (Å²) in [7, 11) is 1.32. The first-order chi connectivity index (χ1) is 11.8. The second kappa shape index (κ2) is 7.10. The van der Waals surface area contributed by atoms with E-state index < -0.39 is 29.1 Å². The third kappa shape index (κ3) is 3.64. The zero-order chi connectivity index (χ0) is 18.7. The number of rotatable bonds is 4. The molecule has 9 heteroatoms. The molecule has 0 saturated carbocycles. The lowest BCUT2D eigenvalue weighted by atomic mass is 10.1. The minimum absolute atomic E-state index is 0.113. The van der Waals surface area contributed by atoms with Gasteiger partial charge in [0.15, 0.2) is 5.75 Å². The number of carbonyl (C=O) groups excluding carboxylic acids is 1. The van der Waals surface area contributed by atoms with E-state index in [1.54, 1.807) is 0 Å². The summed E-state index contributed by atoms with van der Waals surface area (Å²) in [5, 5.41) is 27.9. The standard InChI is InChI=1S/C16H12ClNO7/c1-25-12-4-2-8(6-9(12)16(23)24)3-5-13(20)18-14(21)10(17)7-11(19)15(18)22/h2-7,19,21H,1H3,(H,23,24). The lowest BCUT2D eigenvalue weighted by Gasteiger charge is -2.07. The van der Waals surface area contributed by atoms with Crippen molar-refractivity contribution in [1.82, 2.24) is 4.57 Å². The molecule has 0 radical (unpaired) electrons. The van der Waals surface area contributed by atoms with E-state index in [2.05, 4.69) is 0 Å². The molecular weight excluding hydrogens is 354 g/mol. The summed E-state index contributed by atoms with van der Waals surface area (Å²) in [5.41, 5.74) is -0.916. The number of pyridine rings is 1. The number of hydrogen-bond donors (Lipinski definition) is 3. The van der Waals surface area contributed by atoms with Gasteiger partial charge in [0.25, 0.3) is 5.91 Å². The van der Waals surface area contributed by atoms with E-state index in [1.165, 1.54) is 31.4 Å². The Kier molecular flexibility index (Phi) is 5.14. The van der Waals surface area contributed by atoms with E-state index in [9.17, 15) is 24.6 Å². The highest BCUT2D eigenvalue weighted by atomic mass is 35.5. The Morgan fingerprint density at radius 3 is 2.52 bits per heavy atom. The smallest absolute Gasteiger partial charge is 0.339 e. The van der Waals surface area contributed by atoms with Gasteiger partial charge in [0.1, 0.15) is 16.3 Å². The van der Waals surface area contributed by atoms with Gasteiger partial charge in [-0.2, -0.15) is 0 Å². The number of nitrogens with zero attached hydrogens (tertiary/aromatic N) is 1. The van der Waals surface area contributed by atoms with Crippen LogP contribution in [0.5, 0.6) is 17.4 Å². The number of allylic oxidation sites excluding steroid dienone is 1. The van der Waals surface area contributed by atoms with Crippen molar-refractivity contribution in [3.05, 3.63) is 56.8 Å². The average Bonchev–Trinajstić information content (AvgIpc) is 2.58. The quantitative estimate of drug-likeness (QED) is 0.707. The molecule has 0 aliphatic carbocycles. The maximum Gasteiger partial charge on any atom is 0.339 e. The number of carboxylic acids is 1. The predicted octanol–water partition coefficient (Wildman–Crippen LogP) is 1.97. The molecule has 0 aliphatic heterocycles. The molecule has 8 nitrogen and oxygen atoms in total. The van der Waals surface area contributed by atoms with Crippen LogP contribution in [-0.2, 0) is 0 Å². The van der Waals surface area contributed by atoms with Gasteiger partial charge in [-0.3, -0.25) is 9.59 Å². The van der Waals surface area contributed by atoms with Gasteiger partial charge >= 0.3 is 11.5 Å². The van der Waals surface area contributed by atoms with Gasteiger partial charge in [-0.1, -0.05) is 17.7 Å². The zero-order valence-corrected chi connectivity index (χ0v) is 13.5. The molecule has 25 heavy (non-hydrogen) atoms. The van der Waals surface area contributed by atoms with Crippen molar-refractivity contribution >= 4 is 29.6 Å². The van der Waals surface area contributed by atoms with E-state index in [1.807, 2.05) is 0 Å². The topological polar surface area (TPSA) is 126 Å². The molecular formula is C16H12ClNO7. The summed E-state index contributed by atoms with van der Waals surface area (Å²) in [4.78, 5) is 35.0. The van der Waals surface area contributed by atoms with Crippen LogP contribution < -0.4 is 10.3 Å². The first kappa shape index (κ1) is 18.1. The molecule has 0 amide bonds. The van der Waals surface area contributed by atoms with Gasteiger partial charge in [-0.05, 0) is 23.8 Å². The van der Waals surface area contributed by atoms with Crippen LogP contribution in [0.1, 0.15) is 20.7 Å². The summed E-state index contributed by atoms with van der Waals surface area (Å²) >= 11 is 5.62. The Bertz CT molecular complexity index is 946. The molecule has 0 aliphatic rings. The fourth-order valence-corrected chi connectivity index (χ4v) is 2.19. The average molecular weight is 366 g/mol. The third-order valence-electron chi connectivity index (χ3n) is 3.20. The molecule has 1 heterocycles. The van der Waals surface area contributed by atoms with Crippen LogP contribution in [0.25, 0.3) is 6.08 Å². The third-order valence-corrected chi connectivity index (χ3v) is 3.48. The molecule has 0 saturated heterocycles. The molecule has 1 aromatic heterocycles. The number of methoxy groups -OCH3 is 1. The largest absolute Gasteiger partial charge is 0.503 e. The van der Waals surface area contributed by atoms with Crippen LogP contribution >= 0.6 is 11.6 Å². The van der Waals surface area contributed by atoms with E-state index in [4.69, 9.17) is 21.4 Å². The monoisotopic (exact) mass is 365 g/mol. The Labute approximate surface area is 145 Å². The van der Waals surface area contributed by atoms with E-state index in [-0.39, 0.29) is 20.9 Å². The summed E-state index contributed by atoms with van der Waals surface area (Å²) in [6.45, 7) is 0. The van der Waals surface area contributed by atoms with Gasteiger partial charge in [0.05, 0.1) is 7.11 Å². The Balaban J connectivity index is 2.41. The molecule has 0 fully saturated rings. The van der Waals surface area contributed by atoms with Crippen molar-refractivity contribution in [2.45, 2.75) is 0 Å². The Morgan fingerprint density at radius 2 is 1.92 bits per heavy atom. The number of aromatic hydroxyl groups is 2. The number of aromatic carboxylic acids is 1. The fraction of sp³-hybridized carbons (Fsp3) is 0.0625. The summed E-state index contributed by atoms with van der Waals surface area (Å²) in [5.74, 6) is -3.67. The van der Waals surface area contributed by atoms with Crippen molar-refractivity contribution in [3.8, 4) is 17.4 Å². The number of hydrogen-bond acceptors (Lipinski definition) is 6. The summed E-state index contributed by atoms with van der Waals surface area (Å²) in [6.07, 6.45) is 2.16. The molecule has 0 atom stereocenters. The van der Waals surface area contributed by atoms with Crippen molar-refractivity contribution in [2.75, 3.05) is 7.11 Å². The normalized spacial score (nSPS) is 10.8. The highest BCUT2D eigenvalue weighted by Gasteiger charge is 2.17. The lowest BCUT2D eigenvalue weighted by Crippen LogP contribution is -2.24. The first-order valence-electron chi connectivity index (χ1n) is 6.73. The molecule has 2 rings (SSSR count). The number of aromatic nitrogens is 1. The van der Waals surface area contributed by atoms with E-state index in [0.717, 1.165) is 12.1 Å². The second-order valence-corrected chi connectivity index (χ2v) is 5.19. The number of ether oxygens (including phenoxy) is 1. The number of carboxylic acid groups (broad SMARTS) is 1. The molecule has 0 unspecified atom stereocenters. The SMILES string of the molecule is COc1ccc(C=CC(=O)n2c(O)c(Cl)cc(O)c2=O)cc1C(=O)O. The highest BCUT2D eigenvalue weighted by molar-refractivity contribution is 6.32. The minimum atomic E-state index is -1.22. The van der Waals surface area contributed by atoms with Crippen LogP contribution in [0.2, 0.25) is 5.02 Å². The van der Waals surface area contributed by atoms with E-state index >= 15 is 0 Å². The molecule has 2 aromatic rings. The molecule has 3 N–H and O–H groups in total. The van der Waals surface area contributed by atoms with Crippen molar-refractivity contribution < 1.29 is 29.6 Å². The highest BCUT2D eigenvalue weighted by Crippen LogP contribution is 2.24. The van der Waals surface area contributed by atoms with Crippen LogP contribution in [0.15, 0.2) is 35.1 Å². The van der Waals surface area contributed by atoms with Crippen LogP contribution in [0.4, 0.5) is 0 Å². The predicted molar refractivity (Wildman–Crippen MR) is 88.7 cm³/mol. The van der Waals surface area contributed by atoms with Gasteiger partial charge < -0.3 is 20.1 Å².